The summed E-state index contributed by atoms with van der Waals surface area (Å²) in [5.74, 6) is 0. The van der Waals surface area contributed by atoms with Crippen LogP contribution in [0.1, 0.15) is 18.0 Å². The molecule has 13 heavy (non-hydrogen) atoms. The second kappa shape index (κ2) is 5.16. The Kier molecular flexibility index (Phi) is 4.14. The molecule has 3 nitrogen and oxygen atoms in total. The van der Waals surface area contributed by atoms with Crippen LogP contribution < -0.4 is 0 Å². The predicted molar refractivity (Wildman–Crippen MR) is 59.7 cm³/mol. The van der Waals surface area contributed by atoms with E-state index in [2.05, 4.69) is 22.6 Å². The maximum atomic E-state index is 10.7. The molecule has 0 saturated carbocycles. The fourth-order valence-corrected chi connectivity index (χ4v) is 1.76. The van der Waals surface area contributed by atoms with E-state index in [0.717, 1.165) is 9.99 Å². The number of alkyl halides is 1. The SMILES string of the molecule is O=[N+]([O-])C(CCI)c1ccccc1. The molecule has 0 radical (unpaired) electrons. The highest BCUT2D eigenvalue weighted by molar-refractivity contribution is 14.1. The third-order valence-electron chi connectivity index (χ3n) is 1.82. The van der Waals surface area contributed by atoms with Gasteiger partial charge in [0.15, 0.2) is 0 Å². The fourth-order valence-electron chi connectivity index (χ4n) is 1.17. The molecule has 0 aliphatic heterocycles. The summed E-state index contributed by atoms with van der Waals surface area (Å²) in [4.78, 5) is 10.5. The van der Waals surface area contributed by atoms with Gasteiger partial charge < -0.3 is 0 Å². The Labute approximate surface area is 90.4 Å². The third kappa shape index (κ3) is 2.95. The minimum Gasteiger partial charge on any atom is -0.264 e. The van der Waals surface area contributed by atoms with Crippen molar-refractivity contribution in [3.05, 3.63) is 46.0 Å². The molecule has 0 N–H and O–H groups in total. The number of nitro groups is 1. The molecule has 0 aromatic heterocycles. The molecular weight excluding hydrogens is 281 g/mol. The Balaban J connectivity index is 2.82. The van der Waals surface area contributed by atoms with Crippen LogP contribution in [-0.2, 0) is 0 Å². The van der Waals surface area contributed by atoms with Gasteiger partial charge in [-0.3, -0.25) is 10.1 Å². The standard InChI is InChI=1S/C9H10INO2/c10-7-6-9(11(12)13)8-4-2-1-3-5-8/h1-5,9H,6-7H2. The van der Waals surface area contributed by atoms with E-state index < -0.39 is 6.04 Å². The maximum absolute atomic E-state index is 10.7. The molecular formula is C9H10INO2. The van der Waals surface area contributed by atoms with Gasteiger partial charge in [0.1, 0.15) is 0 Å². The van der Waals surface area contributed by atoms with Crippen LogP contribution in [0.3, 0.4) is 0 Å². The molecule has 1 unspecified atom stereocenters. The first-order chi connectivity index (χ1) is 6.25. The summed E-state index contributed by atoms with van der Waals surface area (Å²) in [6.45, 7) is 0. The summed E-state index contributed by atoms with van der Waals surface area (Å²) < 4.78 is 0.804. The lowest BCUT2D eigenvalue weighted by molar-refractivity contribution is -0.529. The van der Waals surface area contributed by atoms with Gasteiger partial charge in [0.2, 0.25) is 6.04 Å². The summed E-state index contributed by atoms with van der Waals surface area (Å²) in [7, 11) is 0. The van der Waals surface area contributed by atoms with Crippen molar-refractivity contribution in [2.45, 2.75) is 12.5 Å². The Morgan fingerprint density at radius 1 is 1.38 bits per heavy atom. The Morgan fingerprint density at radius 2 is 2.00 bits per heavy atom. The van der Waals surface area contributed by atoms with Crippen molar-refractivity contribution in [2.75, 3.05) is 4.43 Å². The molecule has 1 rings (SSSR count). The molecule has 0 saturated heterocycles. The molecule has 0 heterocycles. The smallest absolute Gasteiger partial charge is 0.238 e. The zero-order chi connectivity index (χ0) is 9.68. The van der Waals surface area contributed by atoms with Crippen LogP contribution in [-0.4, -0.2) is 9.35 Å². The average molecular weight is 291 g/mol. The summed E-state index contributed by atoms with van der Waals surface area (Å²) >= 11 is 2.16. The molecule has 0 amide bonds. The highest BCUT2D eigenvalue weighted by Crippen LogP contribution is 2.20. The van der Waals surface area contributed by atoms with Gasteiger partial charge in [0, 0.05) is 21.3 Å². The number of hydrogen-bond acceptors (Lipinski definition) is 2. The first-order valence-electron chi connectivity index (χ1n) is 4.00. The fraction of sp³-hybridized carbons (Fsp3) is 0.333. The van der Waals surface area contributed by atoms with Gasteiger partial charge >= 0.3 is 0 Å². The number of nitrogens with zero attached hydrogens (tertiary/aromatic N) is 1. The maximum Gasteiger partial charge on any atom is 0.238 e. The highest BCUT2D eigenvalue weighted by atomic mass is 127. The van der Waals surface area contributed by atoms with Crippen molar-refractivity contribution in [1.29, 1.82) is 0 Å². The van der Waals surface area contributed by atoms with E-state index in [-0.39, 0.29) is 4.92 Å². The van der Waals surface area contributed by atoms with Crippen molar-refractivity contribution < 1.29 is 4.92 Å². The second-order valence-corrected chi connectivity index (χ2v) is 3.77. The Hall–Kier alpha value is -0.650. The summed E-state index contributed by atoms with van der Waals surface area (Å²) in [6, 6.07) is 8.60. The first kappa shape index (κ1) is 10.4. The molecule has 0 aliphatic rings. The lowest BCUT2D eigenvalue weighted by atomic mass is 10.1. The molecule has 0 fully saturated rings. The lowest BCUT2D eigenvalue weighted by Gasteiger charge is -2.06. The van der Waals surface area contributed by atoms with Crippen molar-refractivity contribution in [2.24, 2.45) is 0 Å². The molecule has 4 heteroatoms. The van der Waals surface area contributed by atoms with Gasteiger partial charge in [-0.05, 0) is 0 Å². The minimum atomic E-state index is -0.543. The normalized spacial score (nSPS) is 12.4. The highest BCUT2D eigenvalue weighted by Gasteiger charge is 2.20. The van der Waals surface area contributed by atoms with Crippen molar-refractivity contribution in [3.63, 3.8) is 0 Å². The number of rotatable bonds is 4. The predicted octanol–water partition coefficient (Wildman–Crippen LogP) is 2.83. The summed E-state index contributed by atoms with van der Waals surface area (Å²) in [6.07, 6.45) is 0.595. The minimum absolute atomic E-state index is 0.214. The number of halogens is 1. The molecule has 0 spiro atoms. The average Bonchev–Trinajstić information content (AvgIpc) is 2.15. The molecule has 1 aromatic carbocycles. The van der Waals surface area contributed by atoms with E-state index >= 15 is 0 Å². The van der Waals surface area contributed by atoms with Gasteiger partial charge in [-0.1, -0.05) is 52.9 Å². The summed E-state index contributed by atoms with van der Waals surface area (Å²) in [5.41, 5.74) is 0.796. The van der Waals surface area contributed by atoms with Crippen LogP contribution in [0, 0.1) is 10.1 Å². The summed E-state index contributed by atoms with van der Waals surface area (Å²) in [5, 5.41) is 10.7. The number of hydrogen-bond donors (Lipinski definition) is 0. The van der Waals surface area contributed by atoms with Crippen LogP contribution in [0.4, 0.5) is 0 Å². The van der Waals surface area contributed by atoms with Crippen molar-refractivity contribution >= 4 is 22.6 Å². The van der Waals surface area contributed by atoms with Gasteiger partial charge in [0.05, 0.1) is 0 Å². The van der Waals surface area contributed by atoms with Crippen molar-refractivity contribution in [3.8, 4) is 0 Å². The number of benzene rings is 1. The lowest BCUT2D eigenvalue weighted by Crippen LogP contribution is -2.10. The van der Waals surface area contributed by atoms with Crippen molar-refractivity contribution in [1.82, 2.24) is 0 Å². The first-order valence-corrected chi connectivity index (χ1v) is 5.52. The second-order valence-electron chi connectivity index (χ2n) is 2.69. The van der Waals surface area contributed by atoms with Crippen LogP contribution in [0.15, 0.2) is 30.3 Å². The van der Waals surface area contributed by atoms with Crippen LogP contribution in [0.2, 0.25) is 0 Å². The third-order valence-corrected chi connectivity index (χ3v) is 2.44. The van der Waals surface area contributed by atoms with Gasteiger partial charge in [0.25, 0.3) is 0 Å². The quantitative estimate of drug-likeness (QED) is 0.370. The van der Waals surface area contributed by atoms with E-state index in [4.69, 9.17) is 0 Å². The molecule has 1 aromatic rings. The molecule has 1 atom stereocenters. The van der Waals surface area contributed by atoms with E-state index in [1.165, 1.54) is 0 Å². The van der Waals surface area contributed by atoms with Crippen LogP contribution in [0.5, 0.6) is 0 Å². The van der Waals surface area contributed by atoms with E-state index in [0.29, 0.717) is 6.42 Å². The van der Waals surface area contributed by atoms with Crippen LogP contribution in [0.25, 0.3) is 0 Å². The Morgan fingerprint density at radius 3 is 2.46 bits per heavy atom. The zero-order valence-corrected chi connectivity index (χ0v) is 9.18. The topological polar surface area (TPSA) is 43.1 Å². The Bertz CT molecular complexity index is 276. The zero-order valence-electron chi connectivity index (χ0n) is 7.02. The van der Waals surface area contributed by atoms with E-state index in [1.54, 1.807) is 12.1 Å². The van der Waals surface area contributed by atoms with E-state index in [9.17, 15) is 10.1 Å². The molecule has 0 aliphatic carbocycles. The van der Waals surface area contributed by atoms with Crippen LogP contribution >= 0.6 is 22.6 Å². The van der Waals surface area contributed by atoms with E-state index in [1.807, 2.05) is 18.2 Å². The largest absolute Gasteiger partial charge is 0.264 e. The van der Waals surface area contributed by atoms with Gasteiger partial charge in [-0.25, -0.2) is 0 Å². The van der Waals surface area contributed by atoms with Gasteiger partial charge in [-0.2, -0.15) is 0 Å². The monoisotopic (exact) mass is 291 g/mol. The molecule has 70 valence electrons. The molecule has 0 bridgehead atoms. The van der Waals surface area contributed by atoms with Gasteiger partial charge in [-0.15, -0.1) is 0 Å².